The molecule has 0 saturated heterocycles. The van der Waals surface area contributed by atoms with Gasteiger partial charge in [0.15, 0.2) is 11.3 Å². The van der Waals surface area contributed by atoms with Crippen LogP contribution in [-0.4, -0.2) is 29.1 Å². The van der Waals surface area contributed by atoms with Crippen LogP contribution in [-0.2, 0) is 6.18 Å². The van der Waals surface area contributed by atoms with Crippen molar-refractivity contribution in [3.05, 3.63) is 54.2 Å². The highest BCUT2D eigenvalue weighted by Gasteiger charge is 2.33. The second-order valence-electron chi connectivity index (χ2n) is 6.59. The highest BCUT2D eigenvalue weighted by Crippen LogP contribution is 2.34. The topological polar surface area (TPSA) is 84.7 Å². The fraction of sp³-hybridized carbons (Fsp3) is 0.211. The molecule has 0 bridgehead atoms. The number of halogens is 3. The van der Waals surface area contributed by atoms with Gasteiger partial charge in [-0.15, -0.1) is 0 Å². The zero-order chi connectivity index (χ0) is 20.8. The summed E-state index contributed by atoms with van der Waals surface area (Å²) in [5.74, 6) is 0. The molecule has 0 spiro atoms. The molecule has 29 heavy (non-hydrogen) atoms. The predicted molar refractivity (Wildman–Crippen MR) is 97.5 cm³/mol. The largest absolute Gasteiger partial charge is 0.433 e. The third-order valence-corrected chi connectivity index (χ3v) is 4.35. The lowest BCUT2D eigenvalue weighted by molar-refractivity contribution is -0.141. The van der Waals surface area contributed by atoms with Crippen molar-refractivity contribution < 1.29 is 13.2 Å². The first-order valence-corrected chi connectivity index (χ1v) is 8.66. The molecule has 0 atom stereocenters. The molecule has 7 nitrogen and oxygen atoms in total. The number of nitrogens with zero attached hydrogens (tertiary/aromatic N) is 7. The molecule has 0 fully saturated rings. The molecular weight excluding hydrogens is 383 g/mol. The minimum absolute atomic E-state index is 0.0345. The van der Waals surface area contributed by atoms with Gasteiger partial charge in [0, 0.05) is 6.04 Å². The Hall–Kier alpha value is -3.74. The summed E-state index contributed by atoms with van der Waals surface area (Å²) in [6, 6.07) is 9.03. The van der Waals surface area contributed by atoms with Crippen LogP contribution in [0.25, 0.3) is 28.4 Å². The molecule has 4 aromatic rings. The number of nitriles is 1. The molecule has 146 valence electrons. The number of rotatable bonds is 3. The fourth-order valence-corrected chi connectivity index (χ4v) is 2.99. The van der Waals surface area contributed by atoms with E-state index >= 15 is 0 Å². The van der Waals surface area contributed by atoms with E-state index in [1.807, 2.05) is 19.9 Å². The van der Waals surface area contributed by atoms with Crippen LogP contribution < -0.4 is 0 Å². The van der Waals surface area contributed by atoms with Crippen LogP contribution in [0.1, 0.15) is 31.3 Å². The molecule has 0 radical (unpaired) electrons. The molecule has 0 aliphatic carbocycles. The number of aromatic nitrogens is 6. The Bertz CT molecular complexity index is 1240. The quantitative estimate of drug-likeness (QED) is 0.519. The fourth-order valence-electron chi connectivity index (χ4n) is 2.99. The maximum Gasteiger partial charge on any atom is 0.433 e. The summed E-state index contributed by atoms with van der Waals surface area (Å²) in [5.41, 5.74) is 1.04. The Kier molecular flexibility index (Phi) is 4.30. The number of hydrogen-bond acceptors (Lipinski definition) is 5. The number of pyridine rings is 1. The average Bonchev–Trinajstić information content (AvgIpc) is 3.31. The van der Waals surface area contributed by atoms with E-state index in [0.717, 1.165) is 6.07 Å². The van der Waals surface area contributed by atoms with E-state index in [9.17, 15) is 18.4 Å². The van der Waals surface area contributed by atoms with Crippen LogP contribution in [0.2, 0.25) is 0 Å². The number of imidazole rings is 2. The Balaban J connectivity index is 1.95. The standard InChI is InChI=1S/C19H14F3N7/c1-11(2)28-10-25-17(13-4-3-5-15(26-13)19(20,21)22)18(28)14-6-7-16-24-9-12(8-23)29(16)27-14/h3-7,9-11H,1-2H3. The highest BCUT2D eigenvalue weighted by molar-refractivity contribution is 5.75. The van der Waals surface area contributed by atoms with E-state index in [4.69, 9.17) is 0 Å². The van der Waals surface area contributed by atoms with Crippen molar-refractivity contribution >= 4 is 5.65 Å². The van der Waals surface area contributed by atoms with Crippen molar-refractivity contribution in [2.75, 3.05) is 0 Å². The lowest BCUT2D eigenvalue weighted by atomic mass is 10.1. The Morgan fingerprint density at radius 3 is 2.55 bits per heavy atom. The molecule has 0 saturated carbocycles. The molecule has 4 heterocycles. The van der Waals surface area contributed by atoms with E-state index in [2.05, 4.69) is 20.1 Å². The minimum atomic E-state index is -4.56. The Morgan fingerprint density at radius 1 is 1.07 bits per heavy atom. The number of hydrogen-bond donors (Lipinski definition) is 0. The monoisotopic (exact) mass is 397 g/mol. The summed E-state index contributed by atoms with van der Waals surface area (Å²) in [5, 5.41) is 13.7. The summed E-state index contributed by atoms with van der Waals surface area (Å²) >= 11 is 0. The summed E-state index contributed by atoms with van der Waals surface area (Å²) in [6.07, 6.45) is -1.62. The van der Waals surface area contributed by atoms with Crippen LogP contribution in [0.4, 0.5) is 13.2 Å². The van der Waals surface area contributed by atoms with Crippen molar-refractivity contribution in [3.63, 3.8) is 0 Å². The van der Waals surface area contributed by atoms with Crippen molar-refractivity contribution in [2.24, 2.45) is 0 Å². The van der Waals surface area contributed by atoms with Crippen LogP contribution in [0, 0.1) is 11.3 Å². The van der Waals surface area contributed by atoms with Crippen LogP contribution in [0.3, 0.4) is 0 Å². The van der Waals surface area contributed by atoms with Crippen LogP contribution >= 0.6 is 0 Å². The Labute approximate surface area is 163 Å². The zero-order valence-corrected chi connectivity index (χ0v) is 15.4. The van der Waals surface area contributed by atoms with E-state index in [-0.39, 0.29) is 23.1 Å². The molecule has 0 aromatic carbocycles. The van der Waals surface area contributed by atoms with Gasteiger partial charge in [0.1, 0.15) is 23.2 Å². The van der Waals surface area contributed by atoms with Gasteiger partial charge in [-0.1, -0.05) is 6.07 Å². The normalized spacial score (nSPS) is 11.9. The summed E-state index contributed by atoms with van der Waals surface area (Å²) in [4.78, 5) is 12.2. The summed E-state index contributed by atoms with van der Waals surface area (Å²) in [7, 11) is 0. The Morgan fingerprint density at radius 2 is 1.86 bits per heavy atom. The van der Waals surface area contributed by atoms with Gasteiger partial charge in [-0.3, -0.25) is 0 Å². The second kappa shape index (κ2) is 6.70. The molecule has 0 unspecified atom stereocenters. The van der Waals surface area contributed by atoms with Crippen LogP contribution in [0.15, 0.2) is 42.9 Å². The first-order chi connectivity index (χ1) is 13.8. The van der Waals surface area contributed by atoms with E-state index in [1.165, 1.54) is 22.8 Å². The molecule has 0 N–H and O–H groups in total. The summed E-state index contributed by atoms with van der Waals surface area (Å²) in [6.45, 7) is 3.84. The average molecular weight is 397 g/mol. The lowest BCUT2D eigenvalue weighted by Crippen LogP contribution is -2.09. The zero-order valence-electron chi connectivity index (χ0n) is 15.4. The van der Waals surface area contributed by atoms with Crippen molar-refractivity contribution in [1.82, 2.24) is 29.1 Å². The van der Waals surface area contributed by atoms with Gasteiger partial charge in [-0.25, -0.2) is 19.5 Å². The van der Waals surface area contributed by atoms with Gasteiger partial charge in [-0.05, 0) is 38.1 Å². The SMILES string of the molecule is CC(C)n1cnc(-c2cccc(C(F)(F)F)n2)c1-c1ccc2ncc(C#N)n2n1. The van der Waals surface area contributed by atoms with E-state index < -0.39 is 11.9 Å². The highest BCUT2D eigenvalue weighted by atomic mass is 19.4. The van der Waals surface area contributed by atoms with Gasteiger partial charge < -0.3 is 4.57 Å². The lowest BCUT2D eigenvalue weighted by Gasteiger charge is -2.13. The maximum absolute atomic E-state index is 13.1. The van der Waals surface area contributed by atoms with E-state index in [1.54, 1.807) is 23.0 Å². The first-order valence-electron chi connectivity index (χ1n) is 8.66. The second-order valence-corrected chi connectivity index (χ2v) is 6.59. The molecule has 4 rings (SSSR count). The molecule has 10 heteroatoms. The first kappa shape index (κ1) is 18.6. The summed E-state index contributed by atoms with van der Waals surface area (Å²) < 4.78 is 42.6. The van der Waals surface area contributed by atoms with E-state index in [0.29, 0.717) is 17.0 Å². The van der Waals surface area contributed by atoms with Gasteiger partial charge in [0.2, 0.25) is 0 Å². The molecule has 0 aliphatic heterocycles. The molecule has 4 aromatic heterocycles. The third-order valence-electron chi connectivity index (χ3n) is 4.35. The van der Waals surface area contributed by atoms with Crippen LogP contribution in [0.5, 0.6) is 0 Å². The molecule has 0 aliphatic rings. The third kappa shape index (κ3) is 3.20. The minimum Gasteiger partial charge on any atom is -0.326 e. The molecular formula is C19H14F3N7. The van der Waals surface area contributed by atoms with Gasteiger partial charge >= 0.3 is 6.18 Å². The predicted octanol–water partition coefficient (Wildman–Crippen LogP) is 4.13. The van der Waals surface area contributed by atoms with Crippen molar-refractivity contribution in [2.45, 2.75) is 26.1 Å². The van der Waals surface area contributed by atoms with Gasteiger partial charge in [0.25, 0.3) is 0 Å². The number of fused-ring (bicyclic) bond motifs is 1. The smallest absolute Gasteiger partial charge is 0.326 e. The van der Waals surface area contributed by atoms with Gasteiger partial charge in [-0.2, -0.15) is 23.5 Å². The number of alkyl halides is 3. The molecule has 0 amide bonds. The van der Waals surface area contributed by atoms with Crippen molar-refractivity contribution in [3.8, 4) is 28.8 Å². The van der Waals surface area contributed by atoms with Crippen molar-refractivity contribution in [1.29, 1.82) is 5.26 Å². The van der Waals surface area contributed by atoms with Gasteiger partial charge in [0.05, 0.1) is 23.9 Å². The maximum atomic E-state index is 13.1.